The first-order valence-corrected chi connectivity index (χ1v) is 6.98. The number of nitrogens with zero attached hydrogens (tertiary/aromatic N) is 2. The predicted molar refractivity (Wildman–Crippen MR) is 80.2 cm³/mol. The molecule has 0 aliphatic carbocycles. The fourth-order valence-corrected chi connectivity index (χ4v) is 2.61. The molecule has 1 amide bonds. The molecule has 2 rings (SSSR count). The van der Waals surface area contributed by atoms with Gasteiger partial charge >= 0.3 is 11.9 Å². The second-order valence-corrected chi connectivity index (χ2v) is 5.43. The number of carboxylic acid groups (broad SMARTS) is 2. The van der Waals surface area contributed by atoms with Crippen LogP contribution in [0.4, 0.5) is 0 Å². The Morgan fingerprint density at radius 1 is 1.32 bits per heavy atom. The number of carbonyl (C=O) groups is 3. The fourth-order valence-electron chi connectivity index (χ4n) is 1.69. The molecular formula is C13H11N3O5S. The van der Waals surface area contributed by atoms with Gasteiger partial charge in [-0.2, -0.15) is 5.10 Å². The summed E-state index contributed by atoms with van der Waals surface area (Å²) in [6.07, 6.45) is 0.953. The summed E-state index contributed by atoms with van der Waals surface area (Å²) in [5, 5.41) is 27.0. The van der Waals surface area contributed by atoms with Gasteiger partial charge in [-0.1, -0.05) is 30.0 Å². The standard InChI is InChI=1S/C13H11N3O5S/c17-10(18)5-9-11(19)15-13(22-9)16-14-6-7-3-1-2-4-8(7)12(20)21/h1-4,6,9H,5H2,(H,17,18)(H,20,21)(H,15,16,19)/b14-6-/t9-/m1/s1. The predicted octanol–water partition coefficient (Wildman–Crippen LogP) is 0.781. The molecule has 0 radical (unpaired) electrons. The topological polar surface area (TPSA) is 128 Å². The number of aliphatic carboxylic acids is 1. The van der Waals surface area contributed by atoms with Gasteiger partial charge in [0.15, 0.2) is 5.17 Å². The fraction of sp³-hybridized carbons (Fsp3) is 0.154. The van der Waals surface area contributed by atoms with Crippen LogP contribution < -0.4 is 5.32 Å². The summed E-state index contributed by atoms with van der Waals surface area (Å²) in [4.78, 5) is 33.1. The molecule has 1 aromatic rings. The SMILES string of the molecule is O=C(O)C[C@H]1S/C(=N\N=C/c2ccccc2C(=O)O)NC1=O. The summed E-state index contributed by atoms with van der Waals surface area (Å²) >= 11 is 0.971. The number of amides is 1. The quantitative estimate of drug-likeness (QED) is 0.543. The van der Waals surface area contributed by atoms with Crippen molar-refractivity contribution in [1.29, 1.82) is 0 Å². The minimum absolute atomic E-state index is 0.0818. The maximum Gasteiger partial charge on any atom is 0.336 e. The van der Waals surface area contributed by atoms with Gasteiger partial charge in [-0.25, -0.2) is 4.79 Å². The normalized spacial score (nSPS) is 19.5. The lowest BCUT2D eigenvalue weighted by molar-refractivity contribution is -0.138. The first-order chi connectivity index (χ1) is 10.5. The van der Waals surface area contributed by atoms with Crippen molar-refractivity contribution >= 4 is 41.0 Å². The van der Waals surface area contributed by atoms with Gasteiger partial charge < -0.3 is 15.5 Å². The molecule has 3 N–H and O–H groups in total. The van der Waals surface area contributed by atoms with Crippen LogP contribution in [0, 0.1) is 0 Å². The molecule has 1 aliphatic heterocycles. The molecule has 0 spiro atoms. The van der Waals surface area contributed by atoms with E-state index in [0.717, 1.165) is 11.8 Å². The maximum atomic E-state index is 11.5. The van der Waals surface area contributed by atoms with Crippen molar-refractivity contribution in [2.24, 2.45) is 10.2 Å². The Hall–Kier alpha value is -2.68. The van der Waals surface area contributed by atoms with Gasteiger partial charge in [0.2, 0.25) is 5.91 Å². The molecule has 1 aliphatic rings. The zero-order valence-electron chi connectivity index (χ0n) is 11.1. The third-order valence-corrected chi connectivity index (χ3v) is 3.75. The van der Waals surface area contributed by atoms with Crippen LogP contribution in [0.2, 0.25) is 0 Å². The molecule has 114 valence electrons. The molecule has 1 atom stereocenters. The minimum atomic E-state index is -1.08. The highest BCUT2D eigenvalue weighted by molar-refractivity contribution is 8.15. The maximum absolute atomic E-state index is 11.5. The van der Waals surface area contributed by atoms with Gasteiger partial charge in [0.05, 0.1) is 18.2 Å². The highest BCUT2D eigenvalue weighted by atomic mass is 32.2. The van der Waals surface area contributed by atoms with Gasteiger partial charge in [0, 0.05) is 5.56 Å². The molecular weight excluding hydrogens is 310 g/mol. The van der Waals surface area contributed by atoms with Crippen molar-refractivity contribution in [1.82, 2.24) is 5.32 Å². The largest absolute Gasteiger partial charge is 0.481 e. The number of hydrogen-bond donors (Lipinski definition) is 3. The number of benzene rings is 1. The molecule has 22 heavy (non-hydrogen) atoms. The average Bonchev–Trinajstić information content (AvgIpc) is 2.78. The van der Waals surface area contributed by atoms with Crippen molar-refractivity contribution in [3.05, 3.63) is 35.4 Å². The first-order valence-electron chi connectivity index (χ1n) is 6.10. The van der Waals surface area contributed by atoms with Gasteiger partial charge in [0.1, 0.15) is 5.25 Å². The monoisotopic (exact) mass is 321 g/mol. The summed E-state index contributed by atoms with van der Waals surface area (Å²) < 4.78 is 0. The van der Waals surface area contributed by atoms with Crippen LogP contribution in [0.15, 0.2) is 34.5 Å². The minimum Gasteiger partial charge on any atom is -0.481 e. The van der Waals surface area contributed by atoms with Crippen LogP contribution in [-0.2, 0) is 9.59 Å². The Kier molecular flexibility index (Phi) is 4.89. The van der Waals surface area contributed by atoms with Crippen molar-refractivity contribution in [2.45, 2.75) is 11.7 Å². The Morgan fingerprint density at radius 3 is 2.73 bits per heavy atom. The summed E-state index contributed by atoms with van der Waals surface area (Å²) in [7, 11) is 0. The third-order valence-electron chi connectivity index (χ3n) is 2.67. The number of thioether (sulfide) groups is 1. The van der Waals surface area contributed by atoms with E-state index in [-0.39, 0.29) is 17.2 Å². The van der Waals surface area contributed by atoms with E-state index >= 15 is 0 Å². The van der Waals surface area contributed by atoms with E-state index in [1.807, 2.05) is 0 Å². The lowest BCUT2D eigenvalue weighted by Crippen LogP contribution is -2.26. The summed E-state index contributed by atoms with van der Waals surface area (Å²) in [5.74, 6) is -2.60. The van der Waals surface area contributed by atoms with Crippen LogP contribution in [0.5, 0.6) is 0 Å². The average molecular weight is 321 g/mol. The first kappa shape index (κ1) is 15.7. The summed E-state index contributed by atoms with van der Waals surface area (Å²) in [6.45, 7) is 0. The molecule has 1 fully saturated rings. The zero-order valence-corrected chi connectivity index (χ0v) is 11.9. The Morgan fingerprint density at radius 2 is 2.05 bits per heavy atom. The van der Waals surface area contributed by atoms with Crippen LogP contribution in [-0.4, -0.2) is 44.7 Å². The zero-order chi connectivity index (χ0) is 16.1. The van der Waals surface area contributed by atoms with Crippen molar-refractivity contribution in [3.8, 4) is 0 Å². The number of rotatable bonds is 5. The number of carboxylic acids is 2. The van der Waals surface area contributed by atoms with Gasteiger partial charge in [0.25, 0.3) is 0 Å². The molecule has 0 saturated carbocycles. The van der Waals surface area contributed by atoms with Gasteiger partial charge in [-0.05, 0) is 6.07 Å². The second-order valence-electron chi connectivity index (χ2n) is 4.24. The molecule has 1 saturated heterocycles. The molecule has 9 heteroatoms. The lowest BCUT2D eigenvalue weighted by Gasteiger charge is -1.98. The molecule has 1 heterocycles. The molecule has 0 aromatic heterocycles. The smallest absolute Gasteiger partial charge is 0.336 e. The van der Waals surface area contributed by atoms with E-state index in [2.05, 4.69) is 15.5 Å². The molecule has 8 nitrogen and oxygen atoms in total. The Labute approximate surface area is 128 Å². The van der Waals surface area contributed by atoms with E-state index in [0.29, 0.717) is 5.56 Å². The number of aromatic carboxylic acids is 1. The summed E-state index contributed by atoms with van der Waals surface area (Å²) in [5.41, 5.74) is 0.453. The van der Waals surface area contributed by atoms with Gasteiger partial charge in [-0.15, -0.1) is 5.10 Å². The van der Waals surface area contributed by atoms with Crippen molar-refractivity contribution < 1.29 is 24.6 Å². The van der Waals surface area contributed by atoms with E-state index in [1.54, 1.807) is 18.2 Å². The van der Waals surface area contributed by atoms with E-state index in [1.165, 1.54) is 12.3 Å². The third kappa shape index (κ3) is 3.92. The molecule has 0 unspecified atom stereocenters. The number of nitrogens with one attached hydrogen (secondary N) is 1. The summed E-state index contributed by atoms with van der Waals surface area (Å²) in [6, 6.07) is 6.26. The van der Waals surface area contributed by atoms with Gasteiger partial charge in [-0.3, -0.25) is 9.59 Å². The van der Waals surface area contributed by atoms with Crippen LogP contribution >= 0.6 is 11.8 Å². The Bertz CT molecular complexity index is 686. The number of amidine groups is 1. The highest BCUT2D eigenvalue weighted by Gasteiger charge is 2.32. The molecule has 1 aromatic carbocycles. The highest BCUT2D eigenvalue weighted by Crippen LogP contribution is 2.22. The number of hydrogen-bond acceptors (Lipinski definition) is 6. The van der Waals surface area contributed by atoms with Crippen LogP contribution in [0.3, 0.4) is 0 Å². The van der Waals surface area contributed by atoms with Crippen molar-refractivity contribution in [2.75, 3.05) is 0 Å². The van der Waals surface area contributed by atoms with E-state index < -0.39 is 23.1 Å². The second kappa shape index (κ2) is 6.85. The molecule has 0 bridgehead atoms. The van der Waals surface area contributed by atoms with E-state index in [9.17, 15) is 14.4 Å². The van der Waals surface area contributed by atoms with Crippen molar-refractivity contribution in [3.63, 3.8) is 0 Å². The Balaban J connectivity index is 2.08. The van der Waals surface area contributed by atoms with Crippen LogP contribution in [0.25, 0.3) is 0 Å². The number of carbonyl (C=O) groups excluding carboxylic acids is 1. The van der Waals surface area contributed by atoms with Crippen LogP contribution in [0.1, 0.15) is 22.3 Å². The van der Waals surface area contributed by atoms with E-state index in [4.69, 9.17) is 10.2 Å². The lowest BCUT2D eigenvalue weighted by atomic mass is 10.1.